The number of phenolic OH excluding ortho intramolecular Hbond substituents is 1. The van der Waals surface area contributed by atoms with Crippen LogP contribution >= 0.6 is 0 Å². The molecular formula is C57H99N21O10. The van der Waals surface area contributed by atoms with Crippen molar-refractivity contribution in [2.24, 2.45) is 78.8 Å². The number of hydrogen-bond donors (Lipinski definition) is 18. The maximum atomic E-state index is 14.7. The zero-order valence-electron chi connectivity index (χ0n) is 52.3. The smallest absolute Gasteiger partial charge is 0.243 e. The van der Waals surface area contributed by atoms with Crippen molar-refractivity contribution in [1.29, 1.82) is 0 Å². The number of primary amides is 1. The Balaban J connectivity index is 2.59. The lowest BCUT2D eigenvalue weighted by molar-refractivity contribution is -0.136. The number of amides is 9. The topological polar surface area (TPSA) is 530 Å². The van der Waals surface area contributed by atoms with Gasteiger partial charge >= 0.3 is 0 Å². The molecule has 0 aliphatic heterocycles. The molecule has 2 rings (SSSR count). The molecule has 0 aliphatic carbocycles. The average molecular weight is 1240 g/mol. The largest absolute Gasteiger partial charge is 0.508 e. The highest BCUT2D eigenvalue weighted by Gasteiger charge is 2.37. The van der Waals surface area contributed by atoms with E-state index < -0.39 is 113 Å². The SMILES string of the molecule is CC[C@H](C)[C@H](NC(=O)[C@@H](NC(=O)[C@H](CC(C)C)NC(=O)[C@H](CC(C)C)NC(=O)[C@H](CCCN=C(N)N)NC(=O)[C@H](CCCN=C(N)N)NC(=O)[C@H](Cc1cnc[nH]1)NC(=O)[C@H](CCCN=C(N)N)NC(=O)[C@H](Cc1ccc(O)cc1)NC)C(C)C)C(N)=O. The minimum Gasteiger partial charge on any atom is -0.508 e. The molecule has 1 heterocycles. The second kappa shape index (κ2) is 39.1. The van der Waals surface area contributed by atoms with Crippen LogP contribution in [0, 0.1) is 23.7 Å². The van der Waals surface area contributed by atoms with E-state index in [1.807, 2.05) is 34.6 Å². The number of likely N-dealkylation sites (N-methyl/N-ethyl adjacent to an activating group) is 1. The van der Waals surface area contributed by atoms with E-state index >= 15 is 0 Å². The Bertz CT molecular complexity index is 2640. The van der Waals surface area contributed by atoms with Crippen LogP contribution in [-0.2, 0) is 56.0 Å². The number of rotatable bonds is 41. The predicted molar refractivity (Wildman–Crippen MR) is 335 cm³/mol. The van der Waals surface area contributed by atoms with E-state index in [0.717, 1.165) is 0 Å². The molecule has 2 aromatic rings. The molecule has 0 saturated heterocycles. The Hall–Kier alpha value is -8.77. The van der Waals surface area contributed by atoms with E-state index in [-0.39, 0.29) is 125 Å². The third-order valence-corrected chi connectivity index (χ3v) is 14.1. The first-order valence-electron chi connectivity index (χ1n) is 29.8. The van der Waals surface area contributed by atoms with Crippen LogP contribution in [0.4, 0.5) is 0 Å². The number of aliphatic imine (C=N–C) groups is 3. The number of aromatic hydroxyl groups is 1. The first-order chi connectivity index (χ1) is 41.5. The number of aromatic nitrogens is 2. The molecule has 1 aromatic carbocycles. The molecule has 25 N–H and O–H groups in total. The number of aromatic amines is 1. The summed E-state index contributed by atoms with van der Waals surface area (Å²) in [4.78, 5) is 146. The van der Waals surface area contributed by atoms with Crippen molar-refractivity contribution in [3.63, 3.8) is 0 Å². The predicted octanol–water partition coefficient (Wildman–Crippen LogP) is -3.19. The lowest BCUT2D eigenvalue weighted by atomic mass is 9.96. The Morgan fingerprint density at radius 3 is 1.24 bits per heavy atom. The van der Waals surface area contributed by atoms with Gasteiger partial charge in [-0.25, -0.2) is 4.98 Å². The third-order valence-electron chi connectivity index (χ3n) is 14.1. The Morgan fingerprint density at radius 1 is 0.500 bits per heavy atom. The quantitative estimate of drug-likeness (QED) is 0.0177. The second-order valence-corrected chi connectivity index (χ2v) is 23.0. The minimum atomic E-state index is -1.43. The number of phenols is 1. The summed E-state index contributed by atoms with van der Waals surface area (Å²) in [5.74, 6) is -8.44. The zero-order valence-corrected chi connectivity index (χ0v) is 52.3. The van der Waals surface area contributed by atoms with Gasteiger partial charge in [0, 0.05) is 37.9 Å². The van der Waals surface area contributed by atoms with Crippen LogP contribution in [0.1, 0.15) is 124 Å². The summed E-state index contributed by atoms with van der Waals surface area (Å²) < 4.78 is 0. The fourth-order valence-electron chi connectivity index (χ4n) is 9.14. The lowest BCUT2D eigenvalue weighted by Gasteiger charge is -2.30. The zero-order chi connectivity index (χ0) is 66.2. The summed E-state index contributed by atoms with van der Waals surface area (Å²) in [6.07, 6.45) is 3.77. The number of carbonyl (C=O) groups is 9. The molecular weight excluding hydrogens is 1140 g/mol. The number of imidazole rings is 1. The molecule has 88 heavy (non-hydrogen) atoms. The molecule has 492 valence electrons. The van der Waals surface area contributed by atoms with Gasteiger partial charge in [-0.15, -0.1) is 0 Å². The molecule has 0 saturated carbocycles. The van der Waals surface area contributed by atoms with Gasteiger partial charge in [0.2, 0.25) is 53.2 Å². The molecule has 0 aliphatic rings. The number of H-pyrrole nitrogens is 1. The Kier molecular flexibility index (Phi) is 33.5. The Labute approximate surface area is 515 Å². The van der Waals surface area contributed by atoms with E-state index in [4.69, 9.17) is 40.1 Å². The van der Waals surface area contributed by atoms with Crippen LogP contribution in [-0.4, -0.2) is 167 Å². The third kappa shape index (κ3) is 28.6. The highest BCUT2D eigenvalue weighted by atomic mass is 16.3. The number of guanidine groups is 3. The standard InChI is InChI=1S/C57H99N21O10/c1-10-33(8)45(46(58)80)78-54(88)44(32(6)7)77-53(87)42(25-31(4)5)75-51(85)41(24-30(2)3)74-48(82)38(15-12-22-68-56(61)62)71-47(81)37(14-11-21-67-55(59)60)73-52(86)43(27-35-28-66-29-70-35)76-49(83)39(16-13-23-69-57(63)64)72-50(84)40(65-9)26-34-17-19-36(79)20-18-34/h17-20,28-33,37-45,65,79H,10-16,21-27H2,1-9H3,(H2,58,80)(H,66,70)(H,71,81)(H,72,84)(H,73,86)(H,74,82)(H,75,85)(H,76,83)(H,77,87)(H,78,88)(H4,59,60,67)(H4,61,62,68)(H4,63,64,69)/t33-,37-,38-,39-,40-,41-,42-,43-,44-,45-/m0/s1. The van der Waals surface area contributed by atoms with Crippen LogP contribution in [0.3, 0.4) is 0 Å². The highest BCUT2D eigenvalue weighted by molar-refractivity contribution is 5.98. The monoisotopic (exact) mass is 1240 g/mol. The minimum absolute atomic E-state index is 0.0110. The fraction of sp³-hybridized carbons (Fsp3) is 0.632. The van der Waals surface area contributed by atoms with E-state index in [9.17, 15) is 48.3 Å². The summed E-state index contributed by atoms with van der Waals surface area (Å²) in [6.45, 7) is 14.4. The molecule has 9 amide bonds. The summed E-state index contributed by atoms with van der Waals surface area (Å²) in [6, 6.07) is -4.72. The van der Waals surface area contributed by atoms with Crippen molar-refractivity contribution < 1.29 is 48.3 Å². The molecule has 0 fully saturated rings. The number of nitrogens with zero attached hydrogens (tertiary/aromatic N) is 4. The molecule has 10 atom stereocenters. The van der Waals surface area contributed by atoms with Gasteiger partial charge in [0.15, 0.2) is 17.9 Å². The number of carbonyl (C=O) groups excluding carboxylic acids is 9. The summed E-state index contributed by atoms with van der Waals surface area (Å²) >= 11 is 0. The average Bonchev–Trinajstić information content (AvgIpc) is 4.03. The lowest BCUT2D eigenvalue weighted by Crippen LogP contribution is -2.61. The van der Waals surface area contributed by atoms with Crippen LogP contribution in [0.5, 0.6) is 5.75 Å². The van der Waals surface area contributed by atoms with Gasteiger partial charge in [-0.3, -0.25) is 58.1 Å². The van der Waals surface area contributed by atoms with Crippen LogP contribution in [0.15, 0.2) is 51.8 Å². The van der Waals surface area contributed by atoms with Crippen LogP contribution in [0.2, 0.25) is 0 Å². The van der Waals surface area contributed by atoms with Gasteiger partial charge in [0.05, 0.1) is 12.4 Å². The molecule has 31 heteroatoms. The summed E-state index contributed by atoms with van der Waals surface area (Å²) in [5.41, 5.74) is 40.3. The number of nitrogens with one attached hydrogen (secondary N) is 10. The van der Waals surface area contributed by atoms with E-state index in [1.54, 1.807) is 40.0 Å². The maximum Gasteiger partial charge on any atom is 0.243 e. The van der Waals surface area contributed by atoms with Gasteiger partial charge in [0.25, 0.3) is 0 Å². The van der Waals surface area contributed by atoms with E-state index in [1.165, 1.54) is 24.7 Å². The molecule has 1 aromatic heterocycles. The summed E-state index contributed by atoms with van der Waals surface area (Å²) in [7, 11) is 1.57. The molecule has 31 nitrogen and oxygen atoms in total. The number of nitrogens with two attached hydrogens (primary N) is 7. The Morgan fingerprint density at radius 2 is 0.875 bits per heavy atom. The maximum absolute atomic E-state index is 14.7. The first kappa shape index (κ1) is 75.3. The van der Waals surface area contributed by atoms with Gasteiger partial charge in [0.1, 0.15) is 54.1 Å². The molecule has 0 unspecified atom stereocenters. The normalized spacial score (nSPS) is 14.6. The van der Waals surface area contributed by atoms with Crippen molar-refractivity contribution in [1.82, 2.24) is 57.8 Å². The van der Waals surface area contributed by atoms with Crippen LogP contribution < -0.4 is 88.0 Å². The first-order valence-corrected chi connectivity index (χ1v) is 29.8. The molecule has 0 radical (unpaired) electrons. The van der Waals surface area contributed by atoms with Gasteiger partial charge < -0.3 is 98.1 Å². The molecule has 0 spiro atoms. The molecule has 0 bridgehead atoms. The van der Waals surface area contributed by atoms with Gasteiger partial charge in [-0.1, -0.05) is 73.9 Å². The van der Waals surface area contributed by atoms with Crippen molar-refractivity contribution in [3.05, 3.63) is 48.0 Å². The van der Waals surface area contributed by atoms with E-state index in [0.29, 0.717) is 17.7 Å². The van der Waals surface area contributed by atoms with Crippen molar-refractivity contribution in [2.45, 2.75) is 180 Å². The van der Waals surface area contributed by atoms with E-state index in [2.05, 4.69) is 72.8 Å². The van der Waals surface area contributed by atoms with Gasteiger partial charge in [-0.05, 0) is 106 Å². The van der Waals surface area contributed by atoms with Gasteiger partial charge in [-0.2, -0.15) is 0 Å². The van der Waals surface area contributed by atoms with Crippen molar-refractivity contribution >= 4 is 71.0 Å². The van der Waals surface area contributed by atoms with Crippen molar-refractivity contribution in [3.8, 4) is 5.75 Å². The summed E-state index contributed by atoms with van der Waals surface area (Å²) in [5, 5.41) is 34.7. The van der Waals surface area contributed by atoms with Crippen molar-refractivity contribution in [2.75, 3.05) is 26.7 Å². The fourth-order valence-corrected chi connectivity index (χ4v) is 9.14. The van der Waals surface area contributed by atoms with Crippen LogP contribution in [0.25, 0.3) is 0 Å². The number of benzene rings is 1. The highest BCUT2D eigenvalue weighted by Crippen LogP contribution is 2.16. The number of hydrogen-bond acceptors (Lipinski definition) is 15. The second-order valence-electron chi connectivity index (χ2n) is 23.0.